The van der Waals surface area contributed by atoms with Gasteiger partial charge in [-0.2, -0.15) is 8.42 Å². The lowest BCUT2D eigenvalue weighted by Gasteiger charge is -2.13. The normalized spacial score (nSPS) is 12.0. The number of benzene rings is 2. The molecule has 0 aromatic heterocycles. The summed E-state index contributed by atoms with van der Waals surface area (Å²) >= 11 is 0. The molecule has 0 aliphatic rings. The highest BCUT2D eigenvalue weighted by Crippen LogP contribution is 2.30. The first-order chi connectivity index (χ1) is 16.5. The van der Waals surface area contributed by atoms with Crippen LogP contribution in [0.5, 0.6) is 0 Å². The summed E-state index contributed by atoms with van der Waals surface area (Å²) in [4.78, 5) is 0.0923. The summed E-state index contributed by atoms with van der Waals surface area (Å²) in [6.07, 6.45) is 21.7. The summed E-state index contributed by atoms with van der Waals surface area (Å²) in [7, 11) is -4.27. The van der Waals surface area contributed by atoms with Crippen LogP contribution in [0.4, 0.5) is 0 Å². The van der Waals surface area contributed by atoms with Crippen molar-refractivity contribution in [2.75, 3.05) is 0 Å². The molecule has 0 saturated carbocycles. The molecule has 0 aliphatic carbocycles. The lowest BCUT2D eigenvalue weighted by Crippen LogP contribution is -2.03. The average Bonchev–Trinajstić information content (AvgIpc) is 2.81. The summed E-state index contributed by atoms with van der Waals surface area (Å²) in [5, 5.41) is 1.65. The molecule has 4 heteroatoms. The van der Waals surface area contributed by atoms with Crippen molar-refractivity contribution in [3.05, 3.63) is 41.5 Å². The van der Waals surface area contributed by atoms with Gasteiger partial charge in [0.1, 0.15) is 4.90 Å². The molecule has 0 bridgehead atoms. The lowest BCUT2D eigenvalue weighted by molar-refractivity contribution is 0.484. The number of rotatable bonds is 19. The van der Waals surface area contributed by atoms with Crippen molar-refractivity contribution in [1.82, 2.24) is 0 Å². The molecular formula is C30H48O3S. The topological polar surface area (TPSA) is 54.4 Å². The second-order valence-corrected chi connectivity index (χ2v) is 11.4. The van der Waals surface area contributed by atoms with E-state index < -0.39 is 10.1 Å². The molecule has 1 N–H and O–H groups in total. The molecule has 0 atom stereocenters. The monoisotopic (exact) mass is 488 g/mol. The van der Waals surface area contributed by atoms with E-state index in [4.69, 9.17) is 0 Å². The average molecular weight is 489 g/mol. The van der Waals surface area contributed by atoms with E-state index >= 15 is 0 Å². The molecule has 3 nitrogen and oxygen atoms in total. The van der Waals surface area contributed by atoms with E-state index in [0.717, 1.165) is 42.2 Å². The van der Waals surface area contributed by atoms with Crippen LogP contribution in [0, 0.1) is 0 Å². The quantitative estimate of drug-likeness (QED) is 0.158. The summed E-state index contributed by atoms with van der Waals surface area (Å²) in [6.45, 7) is 4.48. The first-order valence-electron chi connectivity index (χ1n) is 14.0. The maximum Gasteiger partial charge on any atom is 0.295 e. The molecular weight excluding hydrogens is 440 g/mol. The van der Waals surface area contributed by atoms with Gasteiger partial charge in [-0.3, -0.25) is 4.55 Å². The van der Waals surface area contributed by atoms with E-state index in [1.54, 1.807) is 6.07 Å². The van der Waals surface area contributed by atoms with Crippen molar-refractivity contribution >= 4 is 20.9 Å². The second kappa shape index (κ2) is 16.3. The Balaban J connectivity index is 1.98. The van der Waals surface area contributed by atoms with Gasteiger partial charge in [0.2, 0.25) is 0 Å². The minimum absolute atomic E-state index is 0.0923. The fraction of sp³-hybridized carbons (Fsp3) is 0.667. The summed E-state index contributed by atoms with van der Waals surface area (Å²) in [6, 6.07) is 9.88. The Morgan fingerprint density at radius 3 is 1.68 bits per heavy atom. The number of aryl methyl sites for hydroxylation is 2. The Kier molecular flexibility index (Phi) is 13.8. The Morgan fingerprint density at radius 1 is 0.647 bits per heavy atom. The molecule has 34 heavy (non-hydrogen) atoms. The molecule has 0 saturated heterocycles. The van der Waals surface area contributed by atoms with Crippen molar-refractivity contribution in [2.24, 2.45) is 0 Å². The summed E-state index contributed by atoms with van der Waals surface area (Å²) in [5.74, 6) is 0. The number of fused-ring (bicyclic) bond motifs is 1. The van der Waals surface area contributed by atoms with E-state index in [1.165, 1.54) is 89.9 Å². The number of unbranched alkanes of at least 4 members (excludes halogenated alkanes) is 14. The van der Waals surface area contributed by atoms with Crippen molar-refractivity contribution < 1.29 is 13.0 Å². The maximum absolute atomic E-state index is 12.3. The maximum atomic E-state index is 12.3. The van der Waals surface area contributed by atoms with Gasteiger partial charge in [0.25, 0.3) is 10.1 Å². The first kappa shape index (κ1) is 28.8. The van der Waals surface area contributed by atoms with E-state index in [2.05, 4.69) is 19.9 Å². The van der Waals surface area contributed by atoms with Crippen molar-refractivity contribution in [3.8, 4) is 0 Å². The van der Waals surface area contributed by atoms with E-state index in [0.29, 0.717) is 5.39 Å². The van der Waals surface area contributed by atoms with Crippen LogP contribution in [0.25, 0.3) is 10.8 Å². The van der Waals surface area contributed by atoms with Gasteiger partial charge >= 0.3 is 0 Å². The predicted octanol–water partition coefficient (Wildman–Crippen LogP) is 9.45. The molecule has 0 radical (unpaired) electrons. The SMILES string of the molecule is CCCCCCCCCCc1cc(S(=O)(=O)O)c2c(CCCCCCCCCC)cccc2c1. The van der Waals surface area contributed by atoms with Gasteiger partial charge < -0.3 is 0 Å². The summed E-state index contributed by atoms with van der Waals surface area (Å²) in [5.41, 5.74) is 2.05. The molecule has 0 heterocycles. The highest BCUT2D eigenvalue weighted by Gasteiger charge is 2.18. The molecule has 0 unspecified atom stereocenters. The Hall–Kier alpha value is -1.39. The van der Waals surface area contributed by atoms with Gasteiger partial charge in [-0.05, 0) is 48.3 Å². The van der Waals surface area contributed by atoms with Crippen LogP contribution in [-0.4, -0.2) is 13.0 Å². The highest BCUT2D eigenvalue weighted by atomic mass is 32.2. The molecule has 0 spiro atoms. The van der Waals surface area contributed by atoms with Crippen LogP contribution < -0.4 is 0 Å². The van der Waals surface area contributed by atoms with E-state index in [1.807, 2.05) is 18.2 Å². The zero-order valence-corrected chi connectivity index (χ0v) is 22.6. The standard InChI is InChI=1S/C30H48O3S/c1-3-5-7-9-11-13-15-17-20-26-24-28-23-19-22-27(30(28)29(25-26)34(31,32)33)21-18-16-14-12-10-8-6-4-2/h19,22-25H,3-18,20-21H2,1-2H3,(H,31,32,33). The molecule has 2 rings (SSSR count). The zero-order chi connectivity index (χ0) is 24.7. The first-order valence-corrected chi connectivity index (χ1v) is 15.4. The van der Waals surface area contributed by atoms with Crippen LogP contribution in [0.1, 0.15) is 128 Å². The smallest absolute Gasteiger partial charge is 0.282 e. The van der Waals surface area contributed by atoms with Crippen LogP contribution in [0.3, 0.4) is 0 Å². The third-order valence-electron chi connectivity index (χ3n) is 6.98. The van der Waals surface area contributed by atoms with E-state index in [-0.39, 0.29) is 4.90 Å². The van der Waals surface area contributed by atoms with Crippen molar-refractivity contribution in [1.29, 1.82) is 0 Å². The largest absolute Gasteiger partial charge is 0.295 e. The van der Waals surface area contributed by atoms with Gasteiger partial charge in [-0.15, -0.1) is 0 Å². The molecule has 192 valence electrons. The molecule has 2 aromatic rings. The number of hydrogen-bond acceptors (Lipinski definition) is 2. The highest BCUT2D eigenvalue weighted by molar-refractivity contribution is 7.86. The lowest BCUT2D eigenvalue weighted by atomic mass is 9.96. The predicted molar refractivity (Wildman–Crippen MR) is 146 cm³/mol. The third kappa shape index (κ3) is 10.5. The molecule has 0 aliphatic heterocycles. The fourth-order valence-corrected chi connectivity index (χ4v) is 5.80. The van der Waals surface area contributed by atoms with Crippen LogP contribution in [0.15, 0.2) is 35.2 Å². The fourth-order valence-electron chi connectivity index (χ4n) is 4.99. The van der Waals surface area contributed by atoms with Gasteiger partial charge in [-0.25, -0.2) is 0 Å². The van der Waals surface area contributed by atoms with Crippen molar-refractivity contribution in [3.63, 3.8) is 0 Å². The summed E-state index contributed by atoms with van der Waals surface area (Å²) < 4.78 is 34.7. The van der Waals surface area contributed by atoms with Crippen molar-refractivity contribution in [2.45, 2.75) is 134 Å². The Bertz CT molecular complexity index is 933. The van der Waals surface area contributed by atoms with E-state index in [9.17, 15) is 13.0 Å². The Morgan fingerprint density at radius 2 is 1.15 bits per heavy atom. The van der Waals surface area contributed by atoms with Gasteiger partial charge in [0, 0.05) is 5.39 Å². The number of hydrogen-bond donors (Lipinski definition) is 1. The minimum Gasteiger partial charge on any atom is -0.282 e. The van der Waals surface area contributed by atoms with Gasteiger partial charge in [0.15, 0.2) is 0 Å². The van der Waals surface area contributed by atoms with Crippen LogP contribution >= 0.6 is 0 Å². The molecule has 0 fully saturated rings. The van der Waals surface area contributed by atoms with Crippen LogP contribution in [-0.2, 0) is 23.0 Å². The Labute approximate surface area is 209 Å². The second-order valence-electron chi connectivity index (χ2n) is 10.0. The minimum atomic E-state index is -4.27. The van der Waals surface area contributed by atoms with Gasteiger partial charge in [0.05, 0.1) is 0 Å². The molecule has 0 amide bonds. The zero-order valence-electron chi connectivity index (χ0n) is 21.8. The molecule has 2 aromatic carbocycles. The third-order valence-corrected chi connectivity index (χ3v) is 7.86. The van der Waals surface area contributed by atoms with Crippen LogP contribution in [0.2, 0.25) is 0 Å². The van der Waals surface area contributed by atoms with Gasteiger partial charge in [-0.1, -0.05) is 128 Å².